The third-order valence-electron chi connectivity index (χ3n) is 5.25. The van der Waals surface area contributed by atoms with Crippen molar-refractivity contribution in [2.24, 2.45) is 0 Å². The maximum absolute atomic E-state index is 14.2. The molecule has 4 aromatic rings. The molecule has 0 spiro atoms. The van der Waals surface area contributed by atoms with Crippen molar-refractivity contribution in [3.63, 3.8) is 0 Å². The van der Waals surface area contributed by atoms with Gasteiger partial charge >= 0.3 is 0 Å². The highest BCUT2D eigenvalue weighted by atomic mass is 19.1. The molecule has 10 nitrogen and oxygen atoms in total. The number of aryl methyl sites for hydroxylation is 1. The highest BCUT2D eigenvalue weighted by Crippen LogP contribution is 2.37. The Balaban J connectivity index is 1.51. The first-order valence-electron chi connectivity index (χ1n) is 10.9. The topological polar surface area (TPSA) is 133 Å². The van der Waals surface area contributed by atoms with Crippen LogP contribution >= 0.6 is 0 Å². The minimum absolute atomic E-state index is 0.0536. The summed E-state index contributed by atoms with van der Waals surface area (Å²) in [5.41, 5.74) is 7.76. The number of hydrogen-bond acceptors (Lipinski definition) is 8. The predicted molar refractivity (Wildman–Crippen MR) is 129 cm³/mol. The summed E-state index contributed by atoms with van der Waals surface area (Å²) in [5, 5.41) is 23.2. The van der Waals surface area contributed by atoms with Gasteiger partial charge in [0.15, 0.2) is 0 Å². The molecule has 0 aliphatic rings. The van der Waals surface area contributed by atoms with Crippen LogP contribution < -0.4 is 15.2 Å². The maximum atomic E-state index is 14.2. The Kier molecular flexibility index (Phi) is 7.39. The van der Waals surface area contributed by atoms with Crippen LogP contribution in [0.1, 0.15) is 17.4 Å². The molecule has 0 aliphatic carbocycles. The molecule has 0 saturated carbocycles. The van der Waals surface area contributed by atoms with Crippen molar-refractivity contribution in [3.8, 4) is 28.5 Å². The molecule has 0 atom stereocenters. The molecule has 2 aromatic heterocycles. The molecule has 2 aromatic carbocycles. The fraction of sp³-hybridized carbons (Fsp3) is 0.200. The summed E-state index contributed by atoms with van der Waals surface area (Å²) in [5.74, 6) is 1.12. The predicted octanol–water partition coefficient (Wildman–Crippen LogP) is 3.82. The lowest BCUT2D eigenvalue weighted by Crippen LogP contribution is -2.20. The number of hydrogen-bond donors (Lipinski definition) is 3. The van der Waals surface area contributed by atoms with E-state index < -0.39 is 11.9 Å². The number of nitrogens with two attached hydrogens (primary N) is 1. The number of halogens is 1. The Hall–Kier alpha value is -4.53. The molecule has 11 heteroatoms. The van der Waals surface area contributed by atoms with E-state index in [9.17, 15) is 14.6 Å². The van der Waals surface area contributed by atoms with E-state index >= 15 is 0 Å². The van der Waals surface area contributed by atoms with Crippen molar-refractivity contribution in [2.45, 2.75) is 19.6 Å². The van der Waals surface area contributed by atoms with Crippen LogP contribution in [-0.2, 0) is 6.61 Å². The number of anilines is 1. The highest BCUT2D eigenvalue weighted by molar-refractivity contribution is 5.83. The van der Waals surface area contributed by atoms with Crippen LogP contribution in [0.3, 0.4) is 0 Å². The van der Waals surface area contributed by atoms with Gasteiger partial charge in [0.2, 0.25) is 0 Å². The van der Waals surface area contributed by atoms with E-state index in [1.54, 1.807) is 49.6 Å². The van der Waals surface area contributed by atoms with Crippen molar-refractivity contribution in [3.05, 3.63) is 83.5 Å². The first kappa shape index (κ1) is 24.6. The largest absolute Gasteiger partial charge is 0.489 e. The average molecular weight is 490 g/mol. The van der Waals surface area contributed by atoms with Gasteiger partial charge in [-0.15, -0.1) is 0 Å². The SMILES string of the molecule is [C-]#[N+]c1c(-c2ccc(Oc3cc(F)cc(OCc4cnc(C)nc4)c3)cc2)nn(C(CO)CO)c1N. The summed E-state index contributed by atoms with van der Waals surface area (Å²) >= 11 is 0. The number of nitrogens with zero attached hydrogens (tertiary/aromatic N) is 5. The first-order chi connectivity index (χ1) is 17.4. The van der Waals surface area contributed by atoms with Crippen LogP contribution in [0.5, 0.6) is 17.2 Å². The number of rotatable bonds is 9. The Morgan fingerprint density at radius 2 is 1.72 bits per heavy atom. The van der Waals surface area contributed by atoms with Gasteiger partial charge in [-0.3, -0.25) is 4.68 Å². The molecule has 0 aliphatic heterocycles. The summed E-state index contributed by atoms with van der Waals surface area (Å²) in [6.45, 7) is 8.64. The third kappa shape index (κ3) is 5.41. The molecule has 4 N–H and O–H groups in total. The van der Waals surface area contributed by atoms with E-state index in [2.05, 4.69) is 19.9 Å². The molecule has 36 heavy (non-hydrogen) atoms. The van der Waals surface area contributed by atoms with Crippen LogP contribution in [0.2, 0.25) is 0 Å². The lowest BCUT2D eigenvalue weighted by atomic mass is 10.1. The second kappa shape index (κ2) is 10.8. The van der Waals surface area contributed by atoms with Crippen LogP contribution in [0.4, 0.5) is 15.9 Å². The van der Waals surface area contributed by atoms with Crippen LogP contribution in [-0.4, -0.2) is 43.2 Å². The zero-order chi connectivity index (χ0) is 25.7. The Morgan fingerprint density at radius 3 is 2.36 bits per heavy atom. The quantitative estimate of drug-likeness (QED) is 0.302. The first-order valence-corrected chi connectivity index (χ1v) is 10.9. The summed E-state index contributed by atoms with van der Waals surface area (Å²) in [6.07, 6.45) is 3.29. The van der Waals surface area contributed by atoms with E-state index in [-0.39, 0.29) is 42.8 Å². The molecular weight excluding hydrogens is 467 g/mol. The summed E-state index contributed by atoms with van der Waals surface area (Å²) in [7, 11) is 0. The van der Waals surface area contributed by atoms with Crippen molar-refractivity contribution in [2.75, 3.05) is 18.9 Å². The van der Waals surface area contributed by atoms with E-state index in [1.165, 1.54) is 16.8 Å². The van der Waals surface area contributed by atoms with Gasteiger partial charge in [0.25, 0.3) is 5.69 Å². The van der Waals surface area contributed by atoms with E-state index in [0.717, 1.165) is 5.56 Å². The van der Waals surface area contributed by atoms with Crippen LogP contribution in [0.25, 0.3) is 16.1 Å². The van der Waals surface area contributed by atoms with Gasteiger partial charge in [-0.25, -0.2) is 19.2 Å². The molecule has 0 radical (unpaired) electrons. The lowest BCUT2D eigenvalue weighted by Gasteiger charge is -2.13. The highest BCUT2D eigenvalue weighted by Gasteiger charge is 2.22. The standard InChI is InChI=1S/C25H23FN6O4/c1-15-29-10-16(11-30-15)14-35-21-7-18(26)8-22(9-21)36-20-5-3-17(4-6-20)23-24(28-2)25(27)32(31-23)19(12-33)13-34/h3-11,19,33-34H,12-14,27H2,1H3. The van der Waals surface area contributed by atoms with Gasteiger partial charge in [-0.2, -0.15) is 5.10 Å². The van der Waals surface area contributed by atoms with Gasteiger partial charge in [0.05, 0.1) is 25.8 Å². The number of ether oxygens (including phenoxy) is 2. The third-order valence-corrected chi connectivity index (χ3v) is 5.25. The fourth-order valence-electron chi connectivity index (χ4n) is 3.39. The molecule has 0 unspecified atom stereocenters. The molecule has 0 amide bonds. The smallest absolute Gasteiger partial charge is 0.254 e. The number of aliphatic hydroxyl groups is 2. The minimum Gasteiger partial charge on any atom is -0.489 e. The Morgan fingerprint density at radius 1 is 1.06 bits per heavy atom. The normalized spacial score (nSPS) is 10.9. The second-order valence-corrected chi connectivity index (χ2v) is 7.83. The monoisotopic (exact) mass is 490 g/mol. The van der Waals surface area contributed by atoms with Crippen LogP contribution in [0, 0.1) is 19.3 Å². The van der Waals surface area contributed by atoms with Gasteiger partial charge in [0.1, 0.15) is 47.0 Å². The van der Waals surface area contributed by atoms with Gasteiger partial charge in [-0.1, -0.05) is 12.1 Å². The molecule has 0 saturated heterocycles. The fourth-order valence-corrected chi connectivity index (χ4v) is 3.39. The molecule has 4 rings (SSSR count). The zero-order valence-electron chi connectivity index (χ0n) is 19.3. The minimum atomic E-state index is -0.759. The molecule has 184 valence electrons. The summed E-state index contributed by atoms with van der Waals surface area (Å²) < 4.78 is 26.9. The summed E-state index contributed by atoms with van der Waals surface area (Å²) in [6, 6.07) is 9.93. The van der Waals surface area contributed by atoms with E-state index in [1.807, 2.05) is 0 Å². The molecule has 0 bridgehead atoms. The van der Waals surface area contributed by atoms with Gasteiger partial charge in [-0.05, 0) is 24.6 Å². The van der Waals surface area contributed by atoms with Crippen molar-refractivity contribution in [1.82, 2.24) is 19.7 Å². The van der Waals surface area contributed by atoms with E-state index in [4.69, 9.17) is 21.8 Å². The Labute approximate surface area is 206 Å². The van der Waals surface area contributed by atoms with Gasteiger partial charge in [0, 0.05) is 36.2 Å². The average Bonchev–Trinajstić information content (AvgIpc) is 3.20. The zero-order valence-corrected chi connectivity index (χ0v) is 19.3. The number of nitrogen functional groups attached to an aromatic ring is 1. The van der Waals surface area contributed by atoms with Crippen molar-refractivity contribution in [1.29, 1.82) is 0 Å². The maximum Gasteiger partial charge on any atom is 0.254 e. The lowest BCUT2D eigenvalue weighted by molar-refractivity contribution is 0.148. The van der Waals surface area contributed by atoms with Crippen molar-refractivity contribution >= 4 is 11.5 Å². The molecule has 2 heterocycles. The number of benzene rings is 2. The van der Waals surface area contributed by atoms with E-state index in [0.29, 0.717) is 22.8 Å². The second-order valence-electron chi connectivity index (χ2n) is 7.83. The molecular formula is C25H23FN6O4. The number of aromatic nitrogens is 4. The van der Waals surface area contributed by atoms with Crippen LogP contribution in [0.15, 0.2) is 54.9 Å². The molecule has 0 fully saturated rings. The number of aliphatic hydroxyl groups excluding tert-OH is 2. The van der Waals surface area contributed by atoms with Crippen molar-refractivity contribution < 1.29 is 24.1 Å². The summed E-state index contributed by atoms with van der Waals surface area (Å²) in [4.78, 5) is 11.7. The van der Waals surface area contributed by atoms with Gasteiger partial charge < -0.3 is 25.4 Å². The Bertz CT molecular complexity index is 1380.